The van der Waals surface area contributed by atoms with Gasteiger partial charge in [-0.2, -0.15) is 5.10 Å². The minimum absolute atomic E-state index is 0.0894. The van der Waals surface area contributed by atoms with Gasteiger partial charge in [0.1, 0.15) is 0 Å². The Kier molecular flexibility index (Phi) is 6.60. The third kappa shape index (κ3) is 5.73. The van der Waals surface area contributed by atoms with Gasteiger partial charge in [0, 0.05) is 22.9 Å². The first-order chi connectivity index (χ1) is 10.1. The molecule has 0 fully saturated rings. The number of aromatic amines is 1. The molecule has 7 heteroatoms. The molecule has 0 radical (unpaired) electrons. The van der Waals surface area contributed by atoms with Crippen molar-refractivity contribution in [3.8, 4) is 0 Å². The summed E-state index contributed by atoms with van der Waals surface area (Å²) in [5.41, 5.74) is 2.32. The predicted molar refractivity (Wildman–Crippen MR) is 90.1 cm³/mol. The topological polar surface area (TPSA) is 57.8 Å². The van der Waals surface area contributed by atoms with Crippen LogP contribution in [0.25, 0.3) is 0 Å². The number of thiophene rings is 1. The molecule has 0 aliphatic heterocycles. The van der Waals surface area contributed by atoms with Crippen molar-refractivity contribution in [1.29, 1.82) is 0 Å². The Bertz CT molecular complexity index is 582. The number of aryl methyl sites for hydroxylation is 2. The van der Waals surface area contributed by atoms with Crippen LogP contribution in [0.4, 0.5) is 0 Å². The highest BCUT2D eigenvalue weighted by Crippen LogP contribution is 2.24. The fourth-order valence-electron chi connectivity index (χ4n) is 1.86. The maximum Gasteiger partial charge on any atom is 0.230 e. The molecule has 0 bridgehead atoms. The number of rotatable bonds is 8. The van der Waals surface area contributed by atoms with Crippen LogP contribution in [0.3, 0.4) is 0 Å². The molecule has 0 unspecified atom stereocenters. The van der Waals surface area contributed by atoms with Gasteiger partial charge < -0.3 is 5.32 Å². The summed E-state index contributed by atoms with van der Waals surface area (Å²) in [4.78, 5) is 12.9. The average Bonchev–Trinajstić information content (AvgIpc) is 3.04. The molecule has 2 aromatic rings. The number of hydrogen-bond donors (Lipinski definition) is 2. The van der Waals surface area contributed by atoms with Gasteiger partial charge in [-0.05, 0) is 37.5 Å². The van der Waals surface area contributed by atoms with Crippen LogP contribution < -0.4 is 5.32 Å². The largest absolute Gasteiger partial charge is 0.355 e. The minimum Gasteiger partial charge on any atom is -0.355 e. The molecular formula is C14H18ClN3OS2. The second-order valence-electron chi connectivity index (χ2n) is 4.67. The zero-order valence-corrected chi connectivity index (χ0v) is 14.2. The molecule has 0 atom stereocenters. The van der Waals surface area contributed by atoms with Gasteiger partial charge in [-0.1, -0.05) is 11.6 Å². The van der Waals surface area contributed by atoms with Crippen LogP contribution in [0, 0.1) is 6.92 Å². The van der Waals surface area contributed by atoms with Crippen molar-refractivity contribution >= 4 is 40.6 Å². The zero-order valence-electron chi connectivity index (χ0n) is 11.8. The molecule has 0 aromatic carbocycles. The second kappa shape index (κ2) is 8.46. The first kappa shape index (κ1) is 16.4. The van der Waals surface area contributed by atoms with Gasteiger partial charge in [-0.25, -0.2) is 0 Å². The van der Waals surface area contributed by atoms with E-state index in [0.29, 0.717) is 12.3 Å². The Labute approximate surface area is 137 Å². The third-order valence-electron chi connectivity index (χ3n) is 2.99. The van der Waals surface area contributed by atoms with Gasteiger partial charge in [0.15, 0.2) is 0 Å². The molecule has 2 heterocycles. The van der Waals surface area contributed by atoms with Crippen molar-refractivity contribution in [2.24, 2.45) is 0 Å². The molecule has 0 spiro atoms. The van der Waals surface area contributed by atoms with E-state index in [-0.39, 0.29) is 5.91 Å². The van der Waals surface area contributed by atoms with Gasteiger partial charge in [0.25, 0.3) is 0 Å². The molecule has 1 amide bonds. The lowest BCUT2D eigenvalue weighted by molar-refractivity contribution is -0.118. The average molecular weight is 344 g/mol. The van der Waals surface area contributed by atoms with E-state index in [1.807, 2.05) is 25.3 Å². The monoisotopic (exact) mass is 343 g/mol. The van der Waals surface area contributed by atoms with E-state index in [2.05, 4.69) is 15.5 Å². The first-order valence-corrected chi connectivity index (χ1v) is 9.07. The number of carbonyl (C=O) groups excluding carboxylic acids is 1. The summed E-state index contributed by atoms with van der Waals surface area (Å²) in [6, 6.07) is 3.89. The maximum absolute atomic E-state index is 11.7. The highest BCUT2D eigenvalue weighted by atomic mass is 35.5. The lowest BCUT2D eigenvalue weighted by atomic mass is 10.1. The number of nitrogens with zero attached hydrogens (tertiary/aromatic N) is 1. The minimum atomic E-state index is 0.0894. The van der Waals surface area contributed by atoms with Gasteiger partial charge in [-0.3, -0.25) is 9.89 Å². The van der Waals surface area contributed by atoms with Crippen LogP contribution in [-0.2, 0) is 17.0 Å². The fourth-order valence-corrected chi connectivity index (χ4v) is 3.91. The van der Waals surface area contributed by atoms with Crippen molar-refractivity contribution in [2.45, 2.75) is 25.5 Å². The van der Waals surface area contributed by atoms with Crippen LogP contribution in [0.2, 0.25) is 4.34 Å². The number of H-pyrrole nitrogens is 1. The van der Waals surface area contributed by atoms with Gasteiger partial charge in [0.05, 0.1) is 16.3 Å². The van der Waals surface area contributed by atoms with Crippen LogP contribution >= 0.6 is 34.7 Å². The van der Waals surface area contributed by atoms with Crippen molar-refractivity contribution in [2.75, 3.05) is 12.3 Å². The van der Waals surface area contributed by atoms with Crippen LogP contribution in [-0.4, -0.2) is 28.4 Å². The zero-order chi connectivity index (χ0) is 15.1. The Morgan fingerprint density at radius 3 is 3.05 bits per heavy atom. The number of aromatic nitrogens is 2. The van der Waals surface area contributed by atoms with Crippen molar-refractivity contribution in [1.82, 2.24) is 15.5 Å². The predicted octanol–water partition coefficient (Wildman–Crippen LogP) is 3.42. The third-order valence-corrected chi connectivity index (χ3v) is 5.38. The summed E-state index contributed by atoms with van der Waals surface area (Å²) < 4.78 is 0.796. The Hall–Kier alpha value is -0.980. The molecule has 0 aliphatic rings. The summed E-state index contributed by atoms with van der Waals surface area (Å²) in [7, 11) is 0. The van der Waals surface area contributed by atoms with Crippen LogP contribution in [0.15, 0.2) is 18.3 Å². The molecular weight excluding hydrogens is 326 g/mol. The highest BCUT2D eigenvalue weighted by molar-refractivity contribution is 7.99. The highest BCUT2D eigenvalue weighted by Gasteiger charge is 2.04. The van der Waals surface area contributed by atoms with Crippen LogP contribution in [0.5, 0.6) is 0 Å². The molecule has 0 saturated heterocycles. The Balaban J connectivity index is 1.54. The number of amides is 1. The van der Waals surface area contributed by atoms with E-state index in [4.69, 9.17) is 11.6 Å². The molecule has 2 rings (SSSR count). The number of hydrogen-bond acceptors (Lipinski definition) is 4. The van der Waals surface area contributed by atoms with Crippen LogP contribution in [0.1, 0.15) is 22.6 Å². The number of halogens is 1. The van der Waals surface area contributed by atoms with E-state index in [0.717, 1.165) is 28.6 Å². The number of nitrogens with one attached hydrogen (secondary N) is 2. The van der Waals surface area contributed by atoms with Crippen molar-refractivity contribution in [3.63, 3.8) is 0 Å². The summed E-state index contributed by atoms with van der Waals surface area (Å²) in [5.74, 6) is 1.41. The molecule has 0 aliphatic carbocycles. The summed E-state index contributed by atoms with van der Waals surface area (Å²) in [6.07, 6.45) is 3.71. The molecule has 21 heavy (non-hydrogen) atoms. The quantitative estimate of drug-likeness (QED) is 0.722. The molecule has 2 aromatic heterocycles. The summed E-state index contributed by atoms with van der Waals surface area (Å²) in [6.45, 7) is 2.71. The second-order valence-corrected chi connectivity index (χ2v) is 7.46. The van der Waals surface area contributed by atoms with E-state index < -0.39 is 0 Å². The Morgan fingerprint density at radius 1 is 1.52 bits per heavy atom. The van der Waals surface area contributed by atoms with Gasteiger partial charge in [-0.15, -0.1) is 23.1 Å². The van der Waals surface area contributed by atoms with Gasteiger partial charge >= 0.3 is 0 Å². The fraction of sp³-hybridized carbons (Fsp3) is 0.429. The van der Waals surface area contributed by atoms with Crippen molar-refractivity contribution in [3.05, 3.63) is 38.8 Å². The maximum atomic E-state index is 11.7. The van der Waals surface area contributed by atoms with Gasteiger partial charge in [0.2, 0.25) is 5.91 Å². The molecule has 2 N–H and O–H groups in total. The first-order valence-electron chi connectivity index (χ1n) is 6.72. The SMILES string of the molecule is Cc1[nH]ncc1CCCNC(=O)CSCc1ccc(Cl)s1. The standard InChI is InChI=1S/C14H18ClN3OS2/c1-10-11(7-17-18-10)3-2-6-16-14(19)9-20-8-12-4-5-13(15)21-12/h4-5,7H,2-3,6,8-9H2,1H3,(H,16,19)(H,17,18). The summed E-state index contributed by atoms with van der Waals surface area (Å²) in [5, 5.41) is 9.84. The lowest BCUT2D eigenvalue weighted by Crippen LogP contribution is -2.26. The normalized spacial score (nSPS) is 10.8. The Morgan fingerprint density at radius 2 is 2.38 bits per heavy atom. The van der Waals surface area contributed by atoms with E-state index >= 15 is 0 Å². The lowest BCUT2D eigenvalue weighted by Gasteiger charge is -2.04. The summed E-state index contributed by atoms with van der Waals surface area (Å²) >= 11 is 9.04. The van der Waals surface area contributed by atoms with E-state index in [1.54, 1.807) is 23.1 Å². The number of carbonyl (C=O) groups is 1. The molecule has 0 saturated carbocycles. The smallest absolute Gasteiger partial charge is 0.230 e. The molecule has 4 nitrogen and oxygen atoms in total. The number of thioether (sulfide) groups is 1. The molecule has 114 valence electrons. The van der Waals surface area contributed by atoms with E-state index in [9.17, 15) is 4.79 Å². The van der Waals surface area contributed by atoms with Crippen molar-refractivity contribution < 1.29 is 4.79 Å². The van der Waals surface area contributed by atoms with E-state index in [1.165, 1.54) is 10.4 Å².